The minimum absolute atomic E-state index is 0.636. The molecular formula is C13H25N3O2S. The largest absolute Gasteiger partial charge is 0.314 e. The molecule has 0 saturated carbocycles. The van der Waals surface area contributed by atoms with E-state index in [1.807, 2.05) is 0 Å². The molecule has 3 aliphatic rings. The molecule has 0 amide bonds. The van der Waals surface area contributed by atoms with Crippen molar-refractivity contribution in [2.45, 2.75) is 44.6 Å². The van der Waals surface area contributed by atoms with E-state index in [0.29, 0.717) is 38.1 Å². The lowest BCUT2D eigenvalue weighted by atomic mass is 9.89. The highest BCUT2D eigenvalue weighted by atomic mass is 32.2. The lowest BCUT2D eigenvalue weighted by Crippen LogP contribution is -2.48. The van der Waals surface area contributed by atoms with Crippen molar-refractivity contribution in [3.63, 3.8) is 0 Å². The number of nitrogens with zero attached hydrogens (tertiary/aromatic N) is 2. The average molecular weight is 287 g/mol. The van der Waals surface area contributed by atoms with Crippen molar-refractivity contribution in [1.29, 1.82) is 0 Å². The fourth-order valence-electron chi connectivity index (χ4n) is 3.70. The maximum Gasteiger partial charge on any atom is 0.281 e. The second kappa shape index (κ2) is 5.68. The summed E-state index contributed by atoms with van der Waals surface area (Å²) in [6.45, 7) is 3.99. The summed E-state index contributed by atoms with van der Waals surface area (Å²) in [5, 5.41) is 3.56. The maximum absolute atomic E-state index is 12.5. The topological polar surface area (TPSA) is 52.7 Å². The highest BCUT2D eigenvalue weighted by Gasteiger charge is 2.36. The van der Waals surface area contributed by atoms with Gasteiger partial charge in [0, 0.05) is 32.2 Å². The summed E-state index contributed by atoms with van der Waals surface area (Å²) in [5.74, 6) is 0.674. The Morgan fingerprint density at radius 1 is 0.842 bits per heavy atom. The maximum atomic E-state index is 12.5. The zero-order chi connectivity index (χ0) is 13.3. The second-order valence-corrected chi connectivity index (χ2v) is 7.98. The quantitative estimate of drug-likeness (QED) is 0.835. The van der Waals surface area contributed by atoms with Gasteiger partial charge in [-0.1, -0.05) is 0 Å². The van der Waals surface area contributed by atoms with Crippen LogP contribution in [0.25, 0.3) is 0 Å². The van der Waals surface area contributed by atoms with Crippen LogP contribution in [0.5, 0.6) is 0 Å². The first-order chi connectivity index (χ1) is 9.18. The van der Waals surface area contributed by atoms with E-state index in [0.717, 1.165) is 32.2 Å². The molecule has 5 nitrogen and oxygen atoms in total. The number of hydrogen-bond donors (Lipinski definition) is 1. The molecule has 3 fully saturated rings. The van der Waals surface area contributed by atoms with E-state index in [4.69, 9.17) is 0 Å². The molecule has 3 saturated heterocycles. The molecule has 110 valence electrons. The van der Waals surface area contributed by atoms with Gasteiger partial charge in [-0.25, -0.2) is 0 Å². The highest BCUT2D eigenvalue weighted by Crippen LogP contribution is 2.28. The van der Waals surface area contributed by atoms with Crippen molar-refractivity contribution in [3.05, 3.63) is 0 Å². The van der Waals surface area contributed by atoms with E-state index >= 15 is 0 Å². The Morgan fingerprint density at radius 3 is 2.05 bits per heavy atom. The summed E-state index contributed by atoms with van der Waals surface area (Å²) < 4.78 is 28.3. The summed E-state index contributed by atoms with van der Waals surface area (Å²) in [4.78, 5) is 0. The van der Waals surface area contributed by atoms with Crippen molar-refractivity contribution in [2.24, 2.45) is 5.92 Å². The Morgan fingerprint density at radius 2 is 1.47 bits per heavy atom. The summed E-state index contributed by atoms with van der Waals surface area (Å²) in [5.41, 5.74) is 0. The minimum Gasteiger partial charge on any atom is -0.314 e. The molecule has 3 aliphatic heterocycles. The molecule has 3 heterocycles. The van der Waals surface area contributed by atoms with Crippen LogP contribution < -0.4 is 5.32 Å². The summed E-state index contributed by atoms with van der Waals surface area (Å²) in [7, 11) is -3.16. The van der Waals surface area contributed by atoms with E-state index in [2.05, 4.69) is 5.32 Å². The SMILES string of the molecule is O=S(=O)(N1CCCC1)N1CCC(C2CCCN2)CC1. The molecule has 0 bridgehead atoms. The van der Waals surface area contributed by atoms with Gasteiger partial charge in [0.2, 0.25) is 0 Å². The van der Waals surface area contributed by atoms with E-state index in [9.17, 15) is 8.42 Å². The molecular weight excluding hydrogens is 262 g/mol. The van der Waals surface area contributed by atoms with Crippen LogP contribution in [0.15, 0.2) is 0 Å². The van der Waals surface area contributed by atoms with E-state index in [1.54, 1.807) is 8.61 Å². The molecule has 1 unspecified atom stereocenters. The van der Waals surface area contributed by atoms with Crippen LogP contribution >= 0.6 is 0 Å². The third-order valence-corrected chi connectivity index (χ3v) is 6.92. The van der Waals surface area contributed by atoms with Gasteiger partial charge in [0.05, 0.1) is 0 Å². The number of rotatable bonds is 3. The van der Waals surface area contributed by atoms with Gasteiger partial charge >= 0.3 is 0 Å². The van der Waals surface area contributed by atoms with Crippen LogP contribution in [0.2, 0.25) is 0 Å². The molecule has 1 N–H and O–H groups in total. The first-order valence-corrected chi connectivity index (χ1v) is 9.06. The molecule has 0 aliphatic carbocycles. The monoisotopic (exact) mass is 287 g/mol. The predicted octanol–water partition coefficient (Wildman–Crippen LogP) is 0.791. The minimum atomic E-state index is -3.16. The van der Waals surface area contributed by atoms with E-state index < -0.39 is 10.2 Å². The van der Waals surface area contributed by atoms with Crippen LogP contribution in [-0.4, -0.2) is 55.8 Å². The molecule has 1 atom stereocenters. The summed E-state index contributed by atoms with van der Waals surface area (Å²) in [6.07, 6.45) is 6.61. The number of hydrogen-bond acceptors (Lipinski definition) is 3. The van der Waals surface area contributed by atoms with Gasteiger partial charge in [-0.15, -0.1) is 0 Å². The van der Waals surface area contributed by atoms with Gasteiger partial charge < -0.3 is 5.32 Å². The molecule has 6 heteroatoms. The molecule has 0 aromatic heterocycles. The number of piperidine rings is 1. The van der Waals surface area contributed by atoms with Gasteiger partial charge in [-0.2, -0.15) is 17.0 Å². The highest BCUT2D eigenvalue weighted by molar-refractivity contribution is 7.86. The summed E-state index contributed by atoms with van der Waals surface area (Å²) in [6, 6.07) is 0.636. The fourth-order valence-corrected chi connectivity index (χ4v) is 5.42. The standard InChI is InChI=1S/C13H25N3O2S/c17-19(18,15-8-1-2-9-15)16-10-5-12(6-11-16)13-4-3-7-14-13/h12-14H,1-11H2. The zero-order valence-electron chi connectivity index (χ0n) is 11.6. The van der Waals surface area contributed by atoms with E-state index in [-0.39, 0.29) is 0 Å². The van der Waals surface area contributed by atoms with Crippen LogP contribution in [0.3, 0.4) is 0 Å². The Balaban J connectivity index is 1.57. The van der Waals surface area contributed by atoms with Crippen molar-refractivity contribution in [3.8, 4) is 0 Å². The lowest BCUT2D eigenvalue weighted by Gasteiger charge is -2.35. The smallest absolute Gasteiger partial charge is 0.281 e. The normalized spacial score (nSPS) is 32.1. The zero-order valence-corrected chi connectivity index (χ0v) is 12.4. The Kier molecular flexibility index (Phi) is 4.12. The van der Waals surface area contributed by atoms with Crippen LogP contribution in [-0.2, 0) is 10.2 Å². The first-order valence-electron chi connectivity index (χ1n) is 7.66. The predicted molar refractivity (Wildman–Crippen MR) is 75.0 cm³/mol. The Labute approximate surface area is 116 Å². The molecule has 0 radical (unpaired) electrons. The van der Waals surface area contributed by atoms with Crippen LogP contribution in [0, 0.1) is 5.92 Å². The second-order valence-electron chi connectivity index (χ2n) is 6.05. The van der Waals surface area contributed by atoms with Gasteiger partial charge in [0.25, 0.3) is 10.2 Å². The van der Waals surface area contributed by atoms with E-state index in [1.165, 1.54) is 12.8 Å². The van der Waals surface area contributed by atoms with Gasteiger partial charge in [0.15, 0.2) is 0 Å². The first kappa shape index (κ1) is 13.8. The van der Waals surface area contributed by atoms with Crippen LogP contribution in [0.1, 0.15) is 38.5 Å². The van der Waals surface area contributed by atoms with Gasteiger partial charge in [0.1, 0.15) is 0 Å². The Bertz CT molecular complexity index is 392. The average Bonchev–Trinajstić information content (AvgIpc) is 3.12. The van der Waals surface area contributed by atoms with Crippen molar-refractivity contribution in [1.82, 2.24) is 13.9 Å². The van der Waals surface area contributed by atoms with Crippen molar-refractivity contribution in [2.75, 3.05) is 32.7 Å². The fraction of sp³-hybridized carbons (Fsp3) is 1.00. The molecule has 19 heavy (non-hydrogen) atoms. The van der Waals surface area contributed by atoms with Crippen molar-refractivity contribution < 1.29 is 8.42 Å². The van der Waals surface area contributed by atoms with Gasteiger partial charge in [-0.05, 0) is 51.0 Å². The molecule has 0 aromatic carbocycles. The molecule has 3 rings (SSSR count). The molecule has 0 aromatic rings. The summed E-state index contributed by atoms with van der Waals surface area (Å²) >= 11 is 0. The van der Waals surface area contributed by atoms with Gasteiger partial charge in [-0.3, -0.25) is 0 Å². The third-order valence-electron chi connectivity index (χ3n) is 4.88. The lowest BCUT2D eigenvalue weighted by molar-refractivity contribution is 0.225. The molecule has 0 spiro atoms. The Hall–Kier alpha value is -0.170. The number of nitrogens with one attached hydrogen (secondary N) is 1. The van der Waals surface area contributed by atoms with Crippen LogP contribution in [0.4, 0.5) is 0 Å². The van der Waals surface area contributed by atoms with Crippen molar-refractivity contribution >= 4 is 10.2 Å². The third kappa shape index (κ3) is 2.82.